The molecule has 2 aliphatic carbocycles. The van der Waals surface area contributed by atoms with Gasteiger partial charge in [0, 0.05) is 29.6 Å². The summed E-state index contributed by atoms with van der Waals surface area (Å²) in [5.74, 6) is -5.15. The molecule has 1 aromatic heterocycles. The summed E-state index contributed by atoms with van der Waals surface area (Å²) in [5, 5.41) is 10.9. The van der Waals surface area contributed by atoms with E-state index in [1.54, 1.807) is 26.8 Å². The van der Waals surface area contributed by atoms with Crippen LogP contribution in [0.5, 0.6) is 0 Å². The van der Waals surface area contributed by atoms with E-state index in [1.807, 2.05) is 13.8 Å². The number of esters is 3. The summed E-state index contributed by atoms with van der Waals surface area (Å²) < 4.78 is 35.7. The number of aliphatic hydroxyl groups excluding tert-OH is 1. The molecule has 1 spiro atoms. The second-order valence-electron chi connectivity index (χ2n) is 14.0. The maximum absolute atomic E-state index is 14.5. The van der Waals surface area contributed by atoms with E-state index in [2.05, 4.69) is 6.58 Å². The van der Waals surface area contributed by atoms with Gasteiger partial charge >= 0.3 is 17.9 Å². The Balaban J connectivity index is 1.60. The van der Waals surface area contributed by atoms with Crippen LogP contribution in [0.3, 0.4) is 0 Å². The van der Waals surface area contributed by atoms with Crippen LogP contribution < -0.4 is 0 Å². The highest BCUT2D eigenvalue weighted by atomic mass is 16.6. The molecule has 1 aromatic rings. The lowest BCUT2D eigenvalue weighted by Crippen LogP contribution is -2.77. The van der Waals surface area contributed by atoms with Crippen LogP contribution in [0.1, 0.15) is 71.8 Å². The quantitative estimate of drug-likeness (QED) is 0.203. The zero-order valence-electron chi connectivity index (χ0n) is 26.1. The topological polar surface area (TPSA) is 165 Å². The molecule has 5 fully saturated rings. The van der Waals surface area contributed by atoms with Gasteiger partial charge in [-0.1, -0.05) is 40.7 Å². The molecule has 3 saturated heterocycles. The Kier molecular flexibility index (Phi) is 7.35. The van der Waals surface area contributed by atoms with Gasteiger partial charge in [0.05, 0.1) is 36.9 Å². The predicted molar refractivity (Wildman–Crippen MR) is 152 cm³/mol. The van der Waals surface area contributed by atoms with Crippen LogP contribution >= 0.6 is 0 Å². The molecular weight excluding hydrogens is 588 g/mol. The summed E-state index contributed by atoms with van der Waals surface area (Å²) in [6.07, 6.45) is -2.06. The monoisotopic (exact) mass is 628 g/mol. The number of ether oxygens (including phenoxy) is 5. The molecule has 12 heteroatoms. The van der Waals surface area contributed by atoms with E-state index in [0.29, 0.717) is 17.6 Å². The number of carbonyl (C=O) groups excluding carboxylic acids is 5. The summed E-state index contributed by atoms with van der Waals surface area (Å²) in [6, 6.07) is 1.70. The first-order valence-electron chi connectivity index (χ1n) is 15.5. The fraction of sp³-hybridized carbons (Fsp3) is 0.667. The SMILES string of the molecule is C=C1[C@@H]2[C@@H](OC=O)[C@H](OC(=O)C(O)C(C)CC)[C@@]3(C)[C@H](c4ccoc4)CC(=O)[C@]13O[C@H]1CC(=O)O[C@]3(C)COC(=O)C[C@H]3[C@]12C. The van der Waals surface area contributed by atoms with Crippen molar-refractivity contribution in [3.8, 4) is 0 Å². The number of furan rings is 1. The first-order valence-corrected chi connectivity index (χ1v) is 15.5. The Morgan fingerprint density at radius 1 is 1.18 bits per heavy atom. The largest absolute Gasteiger partial charge is 0.472 e. The van der Waals surface area contributed by atoms with Crippen molar-refractivity contribution in [1.29, 1.82) is 0 Å². The zero-order valence-corrected chi connectivity index (χ0v) is 26.1. The molecule has 6 rings (SSSR count). The summed E-state index contributed by atoms with van der Waals surface area (Å²) in [7, 11) is 0. The Bertz CT molecular complexity index is 1430. The Morgan fingerprint density at radius 3 is 2.56 bits per heavy atom. The van der Waals surface area contributed by atoms with Crippen molar-refractivity contribution in [2.75, 3.05) is 6.61 Å². The van der Waals surface area contributed by atoms with Crippen molar-refractivity contribution in [3.63, 3.8) is 0 Å². The van der Waals surface area contributed by atoms with E-state index >= 15 is 0 Å². The van der Waals surface area contributed by atoms with Gasteiger partial charge in [-0.15, -0.1) is 0 Å². The van der Waals surface area contributed by atoms with Gasteiger partial charge in [-0.3, -0.25) is 19.2 Å². The molecule has 12 atom stereocenters. The van der Waals surface area contributed by atoms with Crippen LogP contribution in [0, 0.1) is 28.6 Å². The van der Waals surface area contributed by atoms with E-state index < -0.39 is 88.0 Å². The lowest BCUT2D eigenvalue weighted by Gasteiger charge is -2.67. The number of ketones is 1. The second kappa shape index (κ2) is 10.5. The van der Waals surface area contributed by atoms with Crippen molar-refractivity contribution in [1.82, 2.24) is 0 Å². The molecule has 0 radical (unpaired) electrons. The average Bonchev–Trinajstić information content (AvgIpc) is 3.58. The molecule has 4 heterocycles. The van der Waals surface area contributed by atoms with Gasteiger partial charge in [-0.2, -0.15) is 0 Å². The van der Waals surface area contributed by atoms with Gasteiger partial charge in [0.25, 0.3) is 6.47 Å². The molecule has 5 aliphatic rings. The van der Waals surface area contributed by atoms with Gasteiger partial charge in [0.1, 0.15) is 24.4 Å². The first-order chi connectivity index (χ1) is 21.2. The van der Waals surface area contributed by atoms with Crippen LogP contribution in [0.4, 0.5) is 0 Å². The molecule has 45 heavy (non-hydrogen) atoms. The summed E-state index contributed by atoms with van der Waals surface area (Å²) in [5.41, 5.74) is -4.78. The molecule has 2 saturated carbocycles. The molecule has 1 N–H and O–H groups in total. The van der Waals surface area contributed by atoms with E-state index in [9.17, 15) is 29.1 Å². The number of carbonyl (C=O) groups is 5. The Hall–Kier alpha value is -3.51. The minimum Gasteiger partial charge on any atom is -0.472 e. The predicted octanol–water partition coefficient (Wildman–Crippen LogP) is 2.80. The van der Waals surface area contributed by atoms with Crippen molar-refractivity contribution in [3.05, 3.63) is 36.3 Å². The van der Waals surface area contributed by atoms with Crippen molar-refractivity contribution in [2.24, 2.45) is 28.6 Å². The average molecular weight is 629 g/mol. The van der Waals surface area contributed by atoms with E-state index in [-0.39, 0.29) is 38.1 Å². The van der Waals surface area contributed by atoms with Gasteiger partial charge in [0.2, 0.25) is 0 Å². The minimum absolute atomic E-state index is 0.0566. The maximum Gasteiger partial charge on any atom is 0.335 e. The van der Waals surface area contributed by atoms with Crippen molar-refractivity contribution < 1.29 is 57.2 Å². The fourth-order valence-electron chi connectivity index (χ4n) is 9.37. The van der Waals surface area contributed by atoms with E-state index in [1.165, 1.54) is 12.5 Å². The number of hydrogen-bond donors (Lipinski definition) is 1. The summed E-state index contributed by atoms with van der Waals surface area (Å²) in [6.45, 7) is 13.2. The van der Waals surface area contributed by atoms with Gasteiger partial charge in [-0.05, 0) is 30.0 Å². The van der Waals surface area contributed by atoms with Gasteiger partial charge < -0.3 is 33.2 Å². The Labute approximate surface area is 260 Å². The van der Waals surface area contributed by atoms with Crippen molar-refractivity contribution in [2.45, 2.75) is 102 Å². The molecule has 0 amide bonds. The standard InChI is InChI=1S/C33H40O12/c1-7-16(2)26(38)29(39)43-28-27(42-15-34)25-17(3)33(21(35)10-19(32(28,33)6)18-8-9-40-13-18)44-22-12-24(37)45-30(4)14-41-23(36)11-20(30)31(22,25)5/h8-9,13,15-16,19-20,22,25-28,38H,3,7,10-12,14H2,1-2,4-6H3/t16?,19-,20+,22-,25+,26?,27+,28-,30+,31+,32+,33+/m0/s1. The molecule has 2 unspecified atom stereocenters. The van der Waals surface area contributed by atoms with E-state index in [4.69, 9.17) is 28.1 Å². The molecule has 3 aliphatic heterocycles. The first kappa shape index (κ1) is 31.5. The lowest BCUT2D eigenvalue weighted by molar-refractivity contribution is -0.296. The normalized spacial score (nSPS) is 43.4. The molecular formula is C33H40O12. The number of cyclic esters (lactones) is 1. The third kappa shape index (κ3) is 4.06. The van der Waals surface area contributed by atoms with Crippen LogP contribution in [-0.4, -0.2) is 77.5 Å². The summed E-state index contributed by atoms with van der Waals surface area (Å²) in [4.78, 5) is 66.6. The second-order valence-corrected chi connectivity index (χ2v) is 14.0. The fourth-order valence-corrected chi connectivity index (χ4v) is 9.37. The summed E-state index contributed by atoms with van der Waals surface area (Å²) >= 11 is 0. The number of aliphatic hydroxyl groups is 1. The number of rotatable bonds is 7. The number of hydrogen-bond acceptors (Lipinski definition) is 12. The lowest BCUT2D eigenvalue weighted by atomic mass is 9.44. The third-order valence-corrected chi connectivity index (χ3v) is 11.9. The van der Waals surface area contributed by atoms with Crippen LogP contribution in [0.25, 0.3) is 0 Å². The van der Waals surface area contributed by atoms with Gasteiger partial charge in [-0.25, -0.2) is 4.79 Å². The number of Topliss-reactive ketones (excluding diaryl/α,β-unsaturated/α-hetero) is 1. The maximum atomic E-state index is 14.5. The molecule has 244 valence electrons. The zero-order chi connectivity index (χ0) is 32.7. The van der Waals surface area contributed by atoms with E-state index in [0.717, 1.165) is 0 Å². The highest BCUT2D eigenvalue weighted by molar-refractivity contribution is 5.97. The van der Waals surface area contributed by atoms with Crippen molar-refractivity contribution >= 4 is 30.2 Å². The number of fused-ring (bicyclic) bond motifs is 5. The smallest absolute Gasteiger partial charge is 0.335 e. The molecule has 12 nitrogen and oxygen atoms in total. The highest BCUT2D eigenvalue weighted by Gasteiger charge is 2.82. The van der Waals surface area contributed by atoms with Crippen LogP contribution in [0.2, 0.25) is 0 Å². The molecule has 2 bridgehead atoms. The minimum atomic E-state index is -1.80. The van der Waals surface area contributed by atoms with Crippen LogP contribution in [0.15, 0.2) is 35.2 Å². The Morgan fingerprint density at radius 2 is 1.91 bits per heavy atom. The van der Waals surface area contributed by atoms with Crippen LogP contribution in [-0.2, 0) is 47.7 Å². The highest BCUT2D eigenvalue weighted by Crippen LogP contribution is 2.72. The third-order valence-electron chi connectivity index (χ3n) is 11.9. The molecule has 0 aromatic carbocycles. The van der Waals surface area contributed by atoms with Gasteiger partial charge in [0.15, 0.2) is 17.5 Å².